The van der Waals surface area contributed by atoms with Crippen LogP contribution in [0.4, 0.5) is 30.7 Å². The summed E-state index contributed by atoms with van der Waals surface area (Å²) in [4.78, 5) is 0. The molecule has 0 aromatic heterocycles. The molecule has 0 aromatic carbocycles. The highest BCUT2D eigenvalue weighted by atomic mass is 19.4. The van der Waals surface area contributed by atoms with E-state index in [0.717, 1.165) is 0 Å². The van der Waals surface area contributed by atoms with Crippen LogP contribution in [0.2, 0.25) is 0 Å². The van der Waals surface area contributed by atoms with E-state index in [0.29, 0.717) is 0 Å². The third-order valence-corrected chi connectivity index (χ3v) is 1.67. The average molecular weight is 228 g/mol. The zero-order chi connectivity index (χ0) is 11.4. The van der Waals surface area contributed by atoms with Crippen molar-refractivity contribution in [1.82, 2.24) is 0 Å². The van der Waals surface area contributed by atoms with E-state index in [1.165, 1.54) is 0 Å². The monoisotopic (exact) mass is 228 g/mol. The molecular weight excluding hydrogens is 225 g/mol. The summed E-state index contributed by atoms with van der Waals surface area (Å²) in [6, 6.07) is 0. The van der Waals surface area contributed by atoms with Crippen molar-refractivity contribution in [3.8, 4) is 0 Å². The molecule has 0 aromatic rings. The number of rotatable bonds is 0. The zero-order valence-electron chi connectivity index (χ0n) is 6.46. The molecule has 1 unspecified atom stereocenters. The van der Waals surface area contributed by atoms with Crippen LogP contribution in [0, 0.1) is 0 Å². The van der Waals surface area contributed by atoms with Gasteiger partial charge in [-0.3, -0.25) is 4.74 Å². The molecule has 0 N–H and O–H groups in total. The fourth-order valence-electron chi connectivity index (χ4n) is 0.787. The highest BCUT2D eigenvalue weighted by Gasteiger charge is 2.79. The standard InChI is InChI=1S/C5H3F7O2/c1-2(3(6,7)8)4(9,10)14-5(11,12)13-2/h1H3. The van der Waals surface area contributed by atoms with Crippen molar-refractivity contribution < 1.29 is 40.2 Å². The first-order valence-electron chi connectivity index (χ1n) is 3.14. The van der Waals surface area contributed by atoms with Crippen molar-refractivity contribution >= 4 is 0 Å². The lowest BCUT2D eigenvalue weighted by Gasteiger charge is -2.28. The molecule has 1 aliphatic rings. The Morgan fingerprint density at radius 1 is 0.929 bits per heavy atom. The van der Waals surface area contributed by atoms with Crippen LogP contribution in [0.3, 0.4) is 0 Å². The lowest BCUT2D eigenvalue weighted by molar-refractivity contribution is -0.388. The first kappa shape index (κ1) is 11.5. The van der Waals surface area contributed by atoms with E-state index in [4.69, 9.17) is 0 Å². The van der Waals surface area contributed by atoms with Crippen LogP contribution in [-0.4, -0.2) is 24.2 Å². The van der Waals surface area contributed by atoms with Crippen molar-refractivity contribution in [2.75, 3.05) is 0 Å². The molecule has 1 saturated heterocycles. The van der Waals surface area contributed by atoms with Gasteiger partial charge < -0.3 is 0 Å². The minimum atomic E-state index is -5.67. The average Bonchev–Trinajstić information content (AvgIpc) is 1.94. The van der Waals surface area contributed by atoms with E-state index in [-0.39, 0.29) is 6.92 Å². The Labute approximate surface area is 72.6 Å². The molecule has 2 nitrogen and oxygen atoms in total. The third-order valence-electron chi connectivity index (χ3n) is 1.67. The first-order valence-corrected chi connectivity index (χ1v) is 3.14. The first-order chi connectivity index (χ1) is 5.91. The van der Waals surface area contributed by atoms with Gasteiger partial charge in [0.05, 0.1) is 0 Å². The number of ether oxygens (including phenoxy) is 2. The molecule has 14 heavy (non-hydrogen) atoms. The maximum Gasteiger partial charge on any atom is 0.491 e. The summed E-state index contributed by atoms with van der Waals surface area (Å²) >= 11 is 0. The number of alkyl halides is 7. The number of hydrogen-bond acceptors (Lipinski definition) is 2. The summed E-state index contributed by atoms with van der Waals surface area (Å²) in [5.74, 6) is 0. The van der Waals surface area contributed by atoms with Crippen LogP contribution in [0.5, 0.6) is 0 Å². The number of halogens is 7. The molecule has 1 fully saturated rings. The smallest absolute Gasteiger partial charge is 0.270 e. The minimum Gasteiger partial charge on any atom is -0.270 e. The largest absolute Gasteiger partial charge is 0.491 e. The van der Waals surface area contributed by atoms with Gasteiger partial charge in [-0.05, 0) is 6.92 Å². The van der Waals surface area contributed by atoms with E-state index in [1.807, 2.05) is 0 Å². The summed E-state index contributed by atoms with van der Waals surface area (Å²) < 4.78 is 90.3. The Kier molecular flexibility index (Phi) is 2.06. The Hall–Kier alpha value is -0.570. The Balaban J connectivity index is 3.12. The normalized spacial score (nSPS) is 36.0. The van der Waals surface area contributed by atoms with Crippen LogP contribution < -0.4 is 0 Å². The van der Waals surface area contributed by atoms with Crippen LogP contribution in [0.1, 0.15) is 6.92 Å². The molecule has 1 heterocycles. The van der Waals surface area contributed by atoms with Gasteiger partial charge in [-0.15, -0.1) is 8.78 Å². The van der Waals surface area contributed by atoms with E-state index < -0.39 is 24.2 Å². The van der Waals surface area contributed by atoms with Gasteiger partial charge in [-0.1, -0.05) is 0 Å². The Morgan fingerprint density at radius 2 is 1.36 bits per heavy atom. The molecule has 0 saturated carbocycles. The van der Waals surface area contributed by atoms with Gasteiger partial charge in [0.15, 0.2) is 0 Å². The summed E-state index contributed by atoms with van der Waals surface area (Å²) in [7, 11) is 0. The highest BCUT2D eigenvalue weighted by molar-refractivity contribution is 4.96. The maximum absolute atomic E-state index is 12.4. The summed E-state index contributed by atoms with van der Waals surface area (Å²) in [5.41, 5.74) is -4.34. The molecule has 1 aliphatic heterocycles. The minimum absolute atomic E-state index is 0.214. The van der Waals surface area contributed by atoms with E-state index in [1.54, 1.807) is 0 Å². The van der Waals surface area contributed by atoms with Crippen LogP contribution in [0.25, 0.3) is 0 Å². The second-order valence-corrected chi connectivity index (χ2v) is 2.72. The van der Waals surface area contributed by atoms with Gasteiger partial charge >= 0.3 is 18.6 Å². The van der Waals surface area contributed by atoms with Gasteiger partial charge in [0.2, 0.25) is 0 Å². The number of hydrogen-bond donors (Lipinski definition) is 0. The van der Waals surface area contributed by atoms with E-state index >= 15 is 0 Å². The lowest BCUT2D eigenvalue weighted by Crippen LogP contribution is -2.54. The maximum atomic E-state index is 12.4. The molecule has 9 heteroatoms. The molecule has 84 valence electrons. The lowest BCUT2D eigenvalue weighted by atomic mass is 10.1. The summed E-state index contributed by atoms with van der Waals surface area (Å²) in [6.07, 6.45) is -15.8. The van der Waals surface area contributed by atoms with Crippen molar-refractivity contribution in [1.29, 1.82) is 0 Å². The van der Waals surface area contributed by atoms with E-state index in [2.05, 4.69) is 9.47 Å². The van der Waals surface area contributed by atoms with Gasteiger partial charge in [0.1, 0.15) is 0 Å². The van der Waals surface area contributed by atoms with Crippen LogP contribution >= 0.6 is 0 Å². The van der Waals surface area contributed by atoms with Gasteiger partial charge in [-0.2, -0.15) is 22.0 Å². The second-order valence-electron chi connectivity index (χ2n) is 2.72. The van der Waals surface area contributed by atoms with Crippen molar-refractivity contribution in [3.05, 3.63) is 0 Å². The third kappa shape index (κ3) is 1.44. The molecular formula is C5H3F7O2. The Bertz CT molecular complexity index is 247. The molecule has 1 rings (SSSR count). The topological polar surface area (TPSA) is 18.5 Å². The molecule has 0 spiro atoms. The predicted molar refractivity (Wildman–Crippen MR) is 26.5 cm³/mol. The van der Waals surface area contributed by atoms with Gasteiger partial charge in [0.25, 0.3) is 5.60 Å². The molecule has 0 radical (unpaired) electrons. The SMILES string of the molecule is CC1(C(F)(F)F)OC(F)(F)OC1(F)F. The molecule has 0 bridgehead atoms. The highest BCUT2D eigenvalue weighted by Crippen LogP contribution is 2.54. The van der Waals surface area contributed by atoms with Crippen LogP contribution in [0.15, 0.2) is 0 Å². The second kappa shape index (κ2) is 2.51. The summed E-state index contributed by atoms with van der Waals surface area (Å²) in [6.45, 7) is -0.214. The van der Waals surface area contributed by atoms with Crippen molar-refractivity contribution in [2.24, 2.45) is 0 Å². The predicted octanol–water partition coefficient (Wildman–Crippen LogP) is 2.50. The van der Waals surface area contributed by atoms with Crippen molar-refractivity contribution in [3.63, 3.8) is 0 Å². The van der Waals surface area contributed by atoms with Gasteiger partial charge in [-0.25, -0.2) is 4.74 Å². The Morgan fingerprint density at radius 3 is 1.50 bits per heavy atom. The van der Waals surface area contributed by atoms with Crippen LogP contribution in [-0.2, 0) is 9.47 Å². The zero-order valence-corrected chi connectivity index (χ0v) is 6.46. The quantitative estimate of drug-likeness (QED) is 0.593. The van der Waals surface area contributed by atoms with Gasteiger partial charge in [0, 0.05) is 0 Å². The fourth-order valence-corrected chi connectivity index (χ4v) is 0.787. The van der Waals surface area contributed by atoms with E-state index in [9.17, 15) is 30.7 Å². The summed E-state index contributed by atoms with van der Waals surface area (Å²) in [5, 5.41) is 0. The molecule has 1 atom stereocenters. The molecule has 0 aliphatic carbocycles. The molecule has 0 amide bonds. The van der Waals surface area contributed by atoms with Crippen molar-refractivity contribution in [2.45, 2.75) is 31.1 Å². The fraction of sp³-hybridized carbons (Fsp3) is 1.00.